The number of hydrogen-bond donors (Lipinski definition) is 0. The summed E-state index contributed by atoms with van der Waals surface area (Å²) in [5.41, 5.74) is 1.89. The number of hydrogen-bond acceptors (Lipinski definition) is 6. The Balaban J connectivity index is 2.10. The molecule has 1 aromatic carbocycles. The van der Waals surface area contributed by atoms with Crippen LogP contribution in [0.15, 0.2) is 22.7 Å². The molecule has 0 aliphatic heterocycles. The average Bonchev–Trinajstić information content (AvgIpc) is 2.83. The van der Waals surface area contributed by atoms with Crippen LogP contribution in [0, 0.1) is 13.8 Å². The van der Waals surface area contributed by atoms with Crippen LogP contribution < -0.4 is 9.47 Å². The number of ether oxygens (including phenoxy) is 3. The van der Waals surface area contributed by atoms with Crippen molar-refractivity contribution >= 4 is 5.97 Å². The number of benzene rings is 1. The summed E-state index contributed by atoms with van der Waals surface area (Å²) in [6, 6.07) is 4.95. The van der Waals surface area contributed by atoms with Gasteiger partial charge in [0, 0.05) is 0 Å². The van der Waals surface area contributed by atoms with E-state index in [0.717, 1.165) is 5.56 Å². The van der Waals surface area contributed by atoms with Crippen molar-refractivity contribution in [1.29, 1.82) is 0 Å². The highest BCUT2D eigenvalue weighted by Gasteiger charge is 2.15. The highest BCUT2D eigenvalue weighted by molar-refractivity contribution is 5.90. The maximum atomic E-state index is 12.2. The Bertz CT molecular complexity index is 671. The Labute approximate surface area is 135 Å². The number of methoxy groups -OCH3 is 1. The Morgan fingerprint density at radius 3 is 2.57 bits per heavy atom. The van der Waals surface area contributed by atoms with E-state index in [1.807, 2.05) is 13.8 Å². The smallest absolute Gasteiger partial charge is 0.338 e. The van der Waals surface area contributed by atoms with E-state index in [0.29, 0.717) is 28.5 Å². The first-order valence-corrected chi connectivity index (χ1v) is 7.36. The van der Waals surface area contributed by atoms with E-state index < -0.39 is 5.97 Å². The van der Waals surface area contributed by atoms with Gasteiger partial charge in [-0.2, -0.15) is 0 Å². The van der Waals surface area contributed by atoms with Crippen molar-refractivity contribution in [3.05, 3.63) is 40.8 Å². The number of nitrogens with zero attached hydrogens (tertiary/aromatic N) is 1. The van der Waals surface area contributed by atoms with Gasteiger partial charge in [-0.1, -0.05) is 5.16 Å². The SMILES string of the molecule is COc1cc(C(=O)OCc2c(C)noc2C)ccc1OC(C)C. The van der Waals surface area contributed by atoms with E-state index in [4.69, 9.17) is 18.7 Å². The summed E-state index contributed by atoms with van der Waals surface area (Å²) in [6.45, 7) is 7.55. The quantitative estimate of drug-likeness (QED) is 0.760. The minimum Gasteiger partial charge on any atom is -0.493 e. The van der Waals surface area contributed by atoms with Crippen LogP contribution in [0.25, 0.3) is 0 Å². The molecule has 0 fully saturated rings. The van der Waals surface area contributed by atoms with Crippen LogP contribution in [0.1, 0.15) is 41.2 Å². The zero-order chi connectivity index (χ0) is 17.0. The number of carbonyl (C=O) groups is 1. The minimum absolute atomic E-state index is 0.0150. The lowest BCUT2D eigenvalue weighted by Crippen LogP contribution is -2.09. The molecule has 0 spiro atoms. The largest absolute Gasteiger partial charge is 0.493 e. The minimum atomic E-state index is -0.445. The molecule has 23 heavy (non-hydrogen) atoms. The van der Waals surface area contributed by atoms with E-state index in [1.54, 1.807) is 32.0 Å². The average molecular weight is 319 g/mol. The van der Waals surface area contributed by atoms with E-state index in [9.17, 15) is 4.79 Å². The third kappa shape index (κ3) is 4.03. The first kappa shape index (κ1) is 16.9. The zero-order valence-electron chi connectivity index (χ0n) is 14.0. The van der Waals surface area contributed by atoms with Gasteiger partial charge in [0.1, 0.15) is 12.4 Å². The molecule has 6 nitrogen and oxygen atoms in total. The van der Waals surface area contributed by atoms with Crippen molar-refractivity contribution in [2.75, 3.05) is 7.11 Å². The van der Waals surface area contributed by atoms with Crippen molar-refractivity contribution in [2.24, 2.45) is 0 Å². The van der Waals surface area contributed by atoms with Gasteiger partial charge in [0.15, 0.2) is 11.5 Å². The lowest BCUT2D eigenvalue weighted by molar-refractivity contribution is 0.0470. The Morgan fingerprint density at radius 1 is 1.26 bits per heavy atom. The predicted octanol–water partition coefficient (Wildman–Crippen LogP) is 3.44. The molecule has 0 amide bonds. The molecular weight excluding hydrogens is 298 g/mol. The molecule has 124 valence electrons. The maximum Gasteiger partial charge on any atom is 0.338 e. The van der Waals surface area contributed by atoms with Gasteiger partial charge in [-0.15, -0.1) is 0 Å². The summed E-state index contributed by atoms with van der Waals surface area (Å²) < 4.78 is 21.3. The second kappa shape index (κ2) is 7.17. The van der Waals surface area contributed by atoms with E-state index in [1.165, 1.54) is 7.11 Å². The molecule has 0 aliphatic carbocycles. The molecule has 0 saturated heterocycles. The lowest BCUT2D eigenvalue weighted by atomic mass is 10.2. The third-order valence-corrected chi connectivity index (χ3v) is 3.29. The second-order valence-corrected chi connectivity index (χ2v) is 5.41. The van der Waals surface area contributed by atoms with E-state index >= 15 is 0 Å². The zero-order valence-corrected chi connectivity index (χ0v) is 14.0. The fraction of sp³-hybridized carbons (Fsp3) is 0.412. The Morgan fingerprint density at radius 2 is 2.00 bits per heavy atom. The molecule has 2 aromatic rings. The molecule has 1 heterocycles. The molecule has 0 atom stereocenters. The molecule has 0 saturated carbocycles. The van der Waals surface area contributed by atoms with Gasteiger partial charge in [-0.3, -0.25) is 0 Å². The molecule has 1 aromatic heterocycles. The van der Waals surface area contributed by atoms with E-state index in [2.05, 4.69) is 5.16 Å². The standard InChI is InChI=1S/C17H21NO5/c1-10(2)22-15-7-6-13(8-16(15)20-5)17(19)21-9-14-11(3)18-23-12(14)4/h6-8,10H,9H2,1-5H3. The molecule has 2 rings (SSSR count). The first-order valence-electron chi connectivity index (χ1n) is 7.36. The monoisotopic (exact) mass is 319 g/mol. The number of esters is 1. The van der Waals surface area contributed by atoms with Gasteiger partial charge >= 0.3 is 5.97 Å². The second-order valence-electron chi connectivity index (χ2n) is 5.41. The fourth-order valence-corrected chi connectivity index (χ4v) is 2.07. The summed E-state index contributed by atoms with van der Waals surface area (Å²) in [5.74, 6) is 1.28. The fourth-order valence-electron chi connectivity index (χ4n) is 2.07. The van der Waals surface area contributed by atoms with Crippen LogP contribution in [0.3, 0.4) is 0 Å². The number of aromatic nitrogens is 1. The highest BCUT2D eigenvalue weighted by Crippen LogP contribution is 2.29. The molecule has 0 aliphatic rings. The Kier molecular flexibility index (Phi) is 5.26. The van der Waals surface area contributed by atoms with Gasteiger partial charge in [-0.05, 0) is 45.9 Å². The van der Waals surface area contributed by atoms with Crippen molar-refractivity contribution in [2.45, 2.75) is 40.4 Å². The highest BCUT2D eigenvalue weighted by atomic mass is 16.5. The summed E-state index contributed by atoms with van der Waals surface area (Å²) >= 11 is 0. The summed E-state index contributed by atoms with van der Waals surface area (Å²) in [4.78, 5) is 12.2. The van der Waals surface area contributed by atoms with Crippen LogP contribution in [0.4, 0.5) is 0 Å². The Hall–Kier alpha value is -2.50. The normalized spacial score (nSPS) is 10.7. The number of rotatable bonds is 6. The van der Waals surface area contributed by atoms with Crippen LogP contribution in [-0.4, -0.2) is 24.3 Å². The summed E-state index contributed by atoms with van der Waals surface area (Å²) in [7, 11) is 1.53. The van der Waals surface area contributed by atoms with Crippen LogP contribution in [-0.2, 0) is 11.3 Å². The topological polar surface area (TPSA) is 70.8 Å². The molecule has 6 heteroatoms. The number of aryl methyl sites for hydroxylation is 2. The number of carbonyl (C=O) groups excluding carboxylic acids is 1. The lowest BCUT2D eigenvalue weighted by Gasteiger charge is -2.14. The summed E-state index contributed by atoms with van der Waals surface area (Å²) in [6.07, 6.45) is 0.0150. The van der Waals surface area contributed by atoms with Gasteiger partial charge in [-0.25, -0.2) is 4.79 Å². The summed E-state index contributed by atoms with van der Waals surface area (Å²) in [5, 5.41) is 3.83. The molecular formula is C17H21NO5. The predicted molar refractivity (Wildman–Crippen MR) is 83.9 cm³/mol. The van der Waals surface area contributed by atoms with Crippen molar-refractivity contribution in [3.8, 4) is 11.5 Å². The van der Waals surface area contributed by atoms with E-state index in [-0.39, 0.29) is 12.7 Å². The van der Waals surface area contributed by atoms with Crippen molar-refractivity contribution in [3.63, 3.8) is 0 Å². The van der Waals surface area contributed by atoms with Crippen molar-refractivity contribution < 1.29 is 23.5 Å². The van der Waals surface area contributed by atoms with Crippen LogP contribution in [0.5, 0.6) is 11.5 Å². The molecule has 0 N–H and O–H groups in total. The molecule has 0 radical (unpaired) electrons. The van der Waals surface area contributed by atoms with Gasteiger partial charge in [0.05, 0.1) is 30.0 Å². The van der Waals surface area contributed by atoms with Gasteiger partial charge in [0.25, 0.3) is 0 Å². The van der Waals surface area contributed by atoms with Crippen LogP contribution >= 0.6 is 0 Å². The van der Waals surface area contributed by atoms with Crippen molar-refractivity contribution in [1.82, 2.24) is 5.16 Å². The maximum absolute atomic E-state index is 12.2. The van der Waals surface area contributed by atoms with Crippen LogP contribution in [0.2, 0.25) is 0 Å². The third-order valence-electron chi connectivity index (χ3n) is 3.29. The van der Waals surface area contributed by atoms with Gasteiger partial charge in [0.2, 0.25) is 0 Å². The first-order chi connectivity index (χ1) is 10.9. The van der Waals surface area contributed by atoms with Gasteiger partial charge < -0.3 is 18.7 Å². The molecule has 0 bridgehead atoms. The molecule has 0 unspecified atom stereocenters.